The Morgan fingerprint density at radius 3 is 2.64 bits per heavy atom. The van der Waals surface area contributed by atoms with Crippen LogP contribution in [-0.2, 0) is 11.3 Å². The van der Waals surface area contributed by atoms with Crippen LogP contribution in [0.2, 0.25) is 0 Å². The number of ether oxygens (including phenoxy) is 1. The van der Waals surface area contributed by atoms with Crippen LogP contribution in [0, 0.1) is 13.8 Å². The number of nitrogens with zero attached hydrogens (tertiary/aromatic N) is 3. The molecule has 0 radical (unpaired) electrons. The number of aromatic nitrogens is 3. The third-order valence-corrected chi connectivity index (χ3v) is 4.69. The van der Waals surface area contributed by atoms with E-state index in [1.54, 1.807) is 10.9 Å². The highest BCUT2D eigenvalue weighted by molar-refractivity contribution is 5.91. The van der Waals surface area contributed by atoms with Gasteiger partial charge in [-0.15, -0.1) is 0 Å². The highest BCUT2D eigenvalue weighted by atomic mass is 16.5. The maximum absolute atomic E-state index is 12.5. The zero-order chi connectivity index (χ0) is 17.4. The maximum Gasteiger partial charge on any atom is 0.340 e. The molecule has 0 bridgehead atoms. The minimum atomic E-state index is -0.254. The number of carbonyl (C=O) groups is 1. The summed E-state index contributed by atoms with van der Waals surface area (Å²) >= 11 is 0. The van der Waals surface area contributed by atoms with E-state index < -0.39 is 0 Å². The van der Waals surface area contributed by atoms with Crippen molar-refractivity contribution in [3.05, 3.63) is 71.3 Å². The number of hydrogen-bond donors (Lipinski definition) is 0. The molecule has 0 spiro atoms. The highest BCUT2D eigenvalue weighted by Gasteiger charge is 2.28. The molecule has 2 heterocycles. The van der Waals surface area contributed by atoms with E-state index in [4.69, 9.17) is 4.74 Å². The van der Waals surface area contributed by atoms with Crippen molar-refractivity contribution in [3.8, 4) is 5.69 Å². The Kier molecular flexibility index (Phi) is 3.92. The lowest BCUT2D eigenvalue weighted by Crippen LogP contribution is -2.07. The van der Waals surface area contributed by atoms with Gasteiger partial charge in [0.2, 0.25) is 0 Å². The number of carbonyl (C=O) groups excluding carboxylic acids is 1. The molecule has 128 valence electrons. The van der Waals surface area contributed by atoms with Crippen molar-refractivity contribution in [3.63, 3.8) is 0 Å². The molecule has 5 heteroatoms. The Morgan fingerprint density at radius 2 is 2.00 bits per heavy atom. The van der Waals surface area contributed by atoms with Crippen molar-refractivity contribution in [2.24, 2.45) is 0 Å². The fourth-order valence-corrected chi connectivity index (χ4v) is 3.27. The van der Waals surface area contributed by atoms with Gasteiger partial charge in [-0.2, -0.15) is 5.10 Å². The molecule has 0 atom stereocenters. The van der Waals surface area contributed by atoms with Crippen LogP contribution in [0.15, 0.2) is 48.8 Å². The predicted octanol–water partition coefficient (Wildman–Crippen LogP) is 3.98. The van der Waals surface area contributed by atoms with Gasteiger partial charge in [-0.05, 0) is 56.5 Å². The van der Waals surface area contributed by atoms with Crippen LogP contribution >= 0.6 is 0 Å². The Labute approximate surface area is 146 Å². The van der Waals surface area contributed by atoms with Crippen molar-refractivity contribution >= 4 is 5.97 Å². The smallest absolute Gasteiger partial charge is 0.340 e. The molecule has 4 rings (SSSR count). The van der Waals surface area contributed by atoms with Crippen LogP contribution < -0.4 is 0 Å². The van der Waals surface area contributed by atoms with E-state index in [1.165, 1.54) is 12.8 Å². The predicted molar refractivity (Wildman–Crippen MR) is 94.9 cm³/mol. The van der Waals surface area contributed by atoms with Crippen molar-refractivity contribution < 1.29 is 9.53 Å². The van der Waals surface area contributed by atoms with Gasteiger partial charge in [-0.1, -0.05) is 12.1 Å². The summed E-state index contributed by atoms with van der Waals surface area (Å²) in [6.45, 7) is 4.32. The van der Waals surface area contributed by atoms with Gasteiger partial charge in [0.15, 0.2) is 0 Å². The van der Waals surface area contributed by atoms with Gasteiger partial charge in [-0.25, -0.2) is 9.48 Å². The number of rotatable bonds is 5. The number of aryl methyl sites for hydroxylation is 1. The average Bonchev–Trinajstić information content (AvgIpc) is 3.19. The molecule has 0 N–H and O–H groups in total. The fourth-order valence-electron chi connectivity index (χ4n) is 3.27. The summed E-state index contributed by atoms with van der Waals surface area (Å²) < 4.78 is 9.57. The molecule has 25 heavy (non-hydrogen) atoms. The lowest BCUT2D eigenvalue weighted by atomic mass is 10.2. The topological polar surface area (TPSA) is 49.1 Å². The molecule has 1 saturated carbocycles. The number of esters is 1. The molecule has 0 saturated heterocycles. The molecule has 0 amide bonds. The van der Waals surface area contributed by atoms with E-state index in [9.17, 15) is 4.79 Å². The molecule has 0 aliphatic heterocycles. The molecular weight excluding hydrogens is 314 g/mol. The zero-order valence-electron chi connectivity index (χ0n) is 14.5. The van der Waals surface area contributed by atoms with E-state index in [1.807, 2.05) is 49.5 Å². The Bertz CT molecular complexity index is 888. The summed E-state index contributed by atoms with van der Waals surface area (Å²) in [6, 6.07) is 12.2. The first-order chi connectivity index (χ1) is 12.1. The Morgan fingerprint density at radius 1 is 1.24 bits per heavy atom. The largest absolute Gasteiger partial charge is 0.457 e. The van der Waals surface area contributed by atoms with Crippen LogP contribution in [0.5, 0.6) is 0 Å². The van der Waals surface area contributed by atoms with E-state index in [0.29, 0.717) is 11.6 Å². The van der Waals surface area contributed by atoms with Crippen molar-refractivity contribution in [1.82, 2.24) is 14.3 Å². The van der Waals surface area contributed by atoms with E-state index in [-0.39, 0.29) is 12.6 Å². The van der Waals surface area contributed by atoms with Gasteiger partial charge >= 0.3 is 5.97 Å². The van der Waals surface area contributed by atoms with Crippen LogP contribution in [0.25, 0.3) is 5.69 Å². The quantitative estimate of drug-likeness (QED) is 0.663. The maximum atomic E-state index is 12.5. The number of benzene rings is 1. The molecule has 3 aromatic rings. The first-order valence-corrected chi connectivity index (χ1v) is 8.58. The van der Waals surface area contributed by atoms with Crippen LogP contribution in [0.3, 0.4) is 0 Å². The van der Waals surface area contributed by atoms with Gasteiger partial charge < -0.3 is 9.30 Å². The van der Waals surface area contributed by atoms with Crippen LogP contribution in [-0.4, -0.2) is 20.3 Å². The summed E-state index contributed by atoms with van der Waals surface area (Å²) in [7, 11) is 0. The molecule has 0 unspecified atom stereocenters. The molecule has 1 aliphatic rings. The average molecular weight is 335 g/mol. The van der Waals surface area contributed by atoms with E-state index in [0.717, 1.165) is 22.6 Å². The molecule has 5 nitrogen and oxygen atoms in total. The highest BCUT2D eigenvalue weighted by Crippen LogP contribution is 2.38. The minimum Gasteiger partial charge on any atom is -0.457 e. The second-order valence-electron chi connectivity index (χ2n) is 6.58. The number of hydrogen-bond acceptors (Lipinski definition) is 3. The normalized spacial score (nSPS) is 13.8. The van der Waals surface area contributed by atoms with Gasteiger partial charge in [0.1, 0.15) is 6.61 Å². The second-order valence-corrected chi connectivity index (χ2v) is 6.58. The summed E-state index contributed by atoms with van der Waals surface area (Å²) in [4.78, 5) is 12.5. The molecule has 2 aromatic heterocycles. The van der Waals surface area contributed by atoms with Gasteiger partial charge in [-0.3, -0.25) is 0 Å². The summed E-state index contributed by atoms with van der Waals surface area (Å²) in [6.07, 6.45) is 6.04. The molecule has 1 aliphatic carbocycles. The standard InChI is InChI=1S/C20H21N3O2/c1-14-12-19(15(2)23(14)18-8-9-18)20(24)25-13-16-4-6-17(7-5-16)22-11-3-10-21-22/h3-7,10-12,18H,8-9,13H2,1-2H3. The SMILES string of the molecule is Cc1cc(C(=O)OCc2ccc(-n3cccn3)cc2)c(C)n1C1CC1. The van der Waals surface area contributed by atoms with Crippen molar-refractivity contribution in [1.29, 1.82) is 0 Å². The van der Waals surface area contributed by atoms with Crippen molar-refractivity contribution in [2.75, 3.05) is 0 Å². The third-order valence-electron chi connectivity index (χ3n) is 4.69. The van der Waals surface area contributed by atoms with E-state index >= 15 is 0 Å². The first kappa shape index (κ1) is 15.7. The van der Waals surface area contributed by atoms with Gasteiger partial charge in [0.25, 0.3) is 0 Å². The van der Waals surface area contributed by atoms with Gasteiger partial charge in [0, 0.05) is 29.8 Å². The fraction of sp³-hybridized carbons (Fsp3) is 0.300. The lowest BCUT2D eigenvalue weighted by molar-refractivity contribution is 0.0471. The second kappa shape index (κ2) is 6.24. The van der Waals surface area contributed by atoms with E-state index in [2.05, 4.69) is 16.6 Å². The first-order valence-electron chi connectivity index (χ1n) is 8.58. The molecule has 1 fully saturated rings. The monoisotopic (exact) mass is 335 g/mol. The Balaban J connectivity index is 1.43. The molecular formula is C20H21N3O2. The lowest BCUT2D eigenvalue weighted by Gasteiger charge is -2.08. The zero-order valence-corrected chi connectivity index (χ0v) is 14.5. The van der Waals surface area contributed by atoms with Crippen LogP contribution in [0.4, 0.5) is 0 Å². The summed E-state index contributed by atoms with van der Waals surface area (Å²) in [5, 5.41) is 4.20. The third kappa shape index (κ3) is 3.09. The summed E-state index contributed by atoms with van der Waals surface area (Å²) in [5.74, 6) is -0.254. The Hall–Kier alpha value is -2.82. The minimum absolute atomic E-state index is 0.254. The van der Waals surface area contributed by atoms with Crippen molar-refractivity contribution in [2.45, 2.75) is 39.3 Å². The van der Waals surface area contributed by atoms with Crippen LogP contribution in [0.1, 0.15) is 46.2 Å². The van der Waals surface area contributed by atoms with Gasteiger partial charge in [0.05, 0.1) is 11.3 Å². The summed E-state index contributed by atoms with van der Waals surface area (Å²) in [5.41, 5.74) is 4.76. The molecule has 1 aromatic carbocycles.